The fraction of sp³-hybridized carbons (Fsp3) is 0.222. The molecule has 7 heteroatoms. The van der Waals surface area contributed by atoms with Gasteiger partial charge in [-0.3, -0.25) is 9.59 Å². The number of aliphatic hydroxyl groups is 1. The molecule has 0 saturated carbocycles. The molecule has 128 valence electrons. The lowest BCUT2D eigenvalue weighted by Gasteiger charge is -2.07. The van der Waals surface area contributed by atoms with Crippen LogP contribution in [0.4, 0.5) is 0 Å². The topological polar surface area (TPSA) is 96.6 Å². The van der Waals surface area contributed by atoms with Crippen molar-refractivity contribution in [1.29, 1.82) is 0 Å². The molecule has 0 aliphatic rings. The molecule has 25 heavy (non-hydrogen) atoms. The number of hydrogen-bond donors (Lipinski definition) is 2. The van der Waals surface area contributed by atoms with E-state index >= 15 is 0 Å². The normalized spacial score (nSPS) is 10.8. The molecule has 0 radical (unpaired) electrons. The number of benzene rings is 1. The van der Waals surface area contributed by atoms with Crippen LogP contribution in [0.2, 0.25) is 0 Å². The molecule has 7 nitrogen and oxygen atoms in total. The van der Waals surface area contributed by atoms with Crippen LogP contribution in [0.5, 0.6) is 0 Å². The Labute approximate surface area is 144 Å². The molecule has 0 fully saturated rings. The summed E-state index contributed by atoms with van der Waals surface area (Å²) in [6.45, 7) is 0.376. The number of carbonyl (C=O) groups excluding carboxylic acids is 1. The van der Waals surface area contributed by atoms with Crippen LogP contribution in [0.25, 0.3) is 5.65 Å². The van der Waals surface area contributed by atoms with E-state index in [1.54, 1.807) is 12.1 Å². The Morgan fingerprint density at radius 3 is 2.72 bits per heavy atom. The summed E-state index contributed by atoms with van der Waals surface area (Å²) in [4.78, 5) is 29.0. The first kappa shape index (κ1) is 16.8. The summed E-state index contributed by atoms with van der Waals surface area (Å²) in [7, 11) is 0. The van der Waals surface area contributed by atoms with Crippen LogP contribution in [0.15, 0.2) is 53.5 Å². The number of rotatable bonds is 6. The second kappa shape index (κ2) is 7.67. The molecule has 0 aliphatic heterocycles. The highest BCUT2D eigenvalue weighted by Gasteiger charge is 2.14. The van der Waals surface area contributed by atoms with Crippen molar-refractivity contribution in [1.82, 2.24) is 19.9 Å². The van der Waals surface area contributed by atoms with Crippen molar-refractivity contribution in [2.45, 2.75) is 19.4 Å². The smallest absolute Gasteiger partial charge is 0.287 e. The lowest BCUT2D eigenvalue weighted by Crippen LogP contribution is -2.32. The molecule has 2 N–H and O–H groups in total. The summed E-state index contributed by atoms with van der Waals surface area (Å²) < 4.78 is 1.13. The molecule has 3 rings (SSSR count). The highest BCUT2D eigenvalue weighted by atomic mass is 16.3. The fourth-order valence-electron chi connectivity index (χ4n) is 2.42. The molecule has 2 aromatic heterocycles. The monoisotopic (exact) mass is 338 g/mol. The Hall–Kier alpha value is -3.06. The van der Waals surface area contributed by atoms with Crippen LogP contribution in [-0.4, -0.2) is 32.2 Å². The van der Waals surface area contributed by atoms with Gasteiger partial charge in [0.2, 0.25) is 0 Å². The minimum Gasteiger partial charge on any atom is -0.396 e. The van der Waals surface area contributed by atoms with E-state index in [-0.39, 0.29) is 12.2 Å². The van der Waals surface area contributed by atoms with Gasteiger partial charge in [-0.15, -0.1) is 0 Å². The van der Waals surface area contributed by atoms with Gasteiger partial charge in [-0.05, 0) is 30.5 Å². The minimum absolute atomic E-state index is 0.0504. The van der Waals surface area contributed by atoms with E-state index in [1.165, 1.54) is 6.20 Å². The molecule has 2 heterocycles. The molecule has 0 unspecified atom stereocenters. The molecular formula is C18H18N4O3. The first-order valence-corrected chi connectivity index (χ1v) is 8.00. The third-order valence-electron chi connectivity index (χ3n) is 3.75. The standard InChI is InChI=1S/C18H18N4O3/c23-10-4-7-14-8-9-16-19-12-15(18(25)22(16)21-14)17(24)20-11-13-5-2-1-3-6-13/h1-3,5-6,8-9,12,23H,4,7,10-11H2,(H,20,24). The first-order chi connectivity index (χ1) is 12.2. The van der Waals surface area contributed by atoms with Crippen molar-refractivity contribution in [3.05, 3.63) is 75.8 Å². The highest BCUT2D eigenvalue weighted by molar-refractivity contribution is 5.93. The molecule has 0 aliphatic carbocycles. The Morgan fingerprint density at radius 1 is 1.16 bits per heavy atom. The number of nitrogens with zero attached hydrogens (tertiary/aromatic N) is 3. The Kier molecular flexibility index (Phi) is 5.15. The van der Waals surface area contributed by atoms with Crippen molar-refractivity contribution in [2.24, 2.45) is 0 Å². The Balaban J connectivity index is 1.84. The molecule has 1 aromatic carbocycles. The zero-order valence-electron chi connectivity index (χ0n) is 13.6. The number of aromatic nitrogens is 3. The third-order valence-corrected chi connectivity index (χ3v) is 3.75. The number of aliphatic hydroxyl groups excluding tert-OH is 1. The number of nitrogens with one attached hydrogen (secondary N) is 1. The highest BCUT2D eigenvalue weighted by Crippen LogP contribution is 2.03. The van der Waals surface area contributed by atoms with Crippen LogP contribution in [0, 0.1) is 0 Å². The summed E-state index contributed by atoms with van der Waals surface area (Å²) in [5.74, 6) is -0.488. The van der Waals surface area contributed by atoms with E-state index in [2.05, 4.69) is 15.4 Å². The van der Waals surface area contributed by atoms with Gasteiger partial charge in [-0.2, -0.15) is 9.61 Å². The van der Waals surface area contributed by atoms with Crippen LogP contribution in [0.3, 0.4) is 0 Å². The predicted octanol–water partition coefficient (Wildman–Crippen LogP) is 0.944. The second-order valence-electron chi connectivity index (χ2n) is 5.57. The van der Waals surface area contributed by atoms with Gasteiger partial charge in [0, 0.05) is 19.3 Å². The van der Waals surface area contributed by atoms with Crippen LogP contribution in [-0.2, 0) is 13.0 Å². The summed E-state index contributed by atoms with van der Waals surface area (Å²) in [5.41, 5.74) is 1.40. The average molecular weight is 338 g/mol. The van der Waals surface area contributed by atoms with Crippen molar-refractivity contribution >= 4 is 11.6 Å². The summed E-state index contributed by atoms with van der Waals surface area (Å²) in [5, 5.41) is 15.8. The van der Waals surface area contributed by atoms with Gasteiger partial charge in [0.1, 0.15) is 5.56 Å². The number of hydrogen-bond acceptors (Lipinski definition) is 5. The largest absolute Gasteiger partial charge is 0.396 e. The van der Waals surface area contributed by atoms with Gasteiger partial charge in [0.25, 0.3) is 11.5 Å². The van der Waals surface area contributed by atoms with Crippen molar-refractivity contribution in [3.63, 3.8) is 0 Å². The number of aryl methyl sites for hydroxylation is 1. The minimum atomic E-state index is -0.513. The van der Waals surface area contributed by atoms with Gasteiger partial charge in [0.05, 0.1) is 5.69 Å². The van der Waals surface area contributed by atoms with E-state index in [9.17, 15) is 9.59 Å². The van der Waals surface area contributed by atoms with E-state index in [0.29, 0.717) is 30.7 Å². The molecule has 0 saturated heterocycles. The van der Waals surface area contributed by atoms with Crippen molar-refractivity contribution in [3.8, 4) is 0 Å². The summed E-state index contributed by atoms with van der Waals surface area (Å²) in [6, 6.07) is 12.9. The molecular weight excluding hydrogens is 320 g/mol. The van der Waals surface area contributed by atoms with Crippen LogP contribution < -0.4 is 10.9 Å². The van der Waals surface area contributed by atoms with Gasteiger partial charge < -0.3 is 10.4 Å². The van der Waals surface area contributed by atoms with Gasteiger partial charge >= 0.3 is 0 Å². The van der Waals surface area contributed by atoms with E-state index in [0.717, 1.165) is 10.1 Å². The number of fused-ring (bicyclic) bond motifs is 1. The summed E-state index contributed by atoms with van der Waals surface area (Å²) >= 11 is 0. The molecule has 0 bridgehead atoms. The Bertz CT molecular complexity index is 938. The van der Waals surface area contributed by atoms with E-state index < -0.39 is 11.5 Å². The SMILES string of the molecule is O=C(NCc1ccccc1)c1cnc2ccc(CCCO)nn2c1=O. The van der Waals surface area contributed by atoms with Crippen molar-refractivity contribution in [2.75, 3.05) is 6.61 Å². The first-order valence-electron chi connectivity index (χ1n) is 8.00. The van der Waals surface area contributed by atoms with Crippen LogP contribution in [0.1, 0.15) is 28.0 Å². The second-order valence-corrected chi connectivity index (χ2v) is 5.57. The maximum Gasteiger partial charge on any atom is 0.287 e. The lowest BCUT2D eigenvalue weighted by atomic mass is 10.2. The molecule has 1 amide bonds. The van der Waals surface area contributed by atoms with Crippen LogP contribution >= 0.6 is 0 Å². The maximum atomic E-state index is 12.6. The maximum absolute atomic E-state index is 12.6. The third kappa shape index (κ3) is 3.89. The zero-order valence-corrected chi connectivity index (χ0v) is 13.6. The van der Waals surface area contributed by atoms with Gasteiger partial charge in [-0.25, -0.2) is 4.98 Å². The Morgan fingerprint density at radius 2 is 1.96 bits per heavy atom. The average Bonchev–Trinajstić information content (AvgIpc) is 2.66. The summed E-state index contributed by atoms with van der Waals surface area (Å²) in [6.07, 6.45) is 2.37. The molecule has 3 aromatic rings. The number of amides is 1. The van der Waals surface area contributed by atoms with Crippen molar-refractivity contribution < 1.29 is 9.90 Å². The quantitative estimate of drug-likeness (QED) is 0.697. The fourth-order valence-corrected chi connectivity index (χ4v) is 2.42. The molecule has 0 atom stereocenters. The van der Waals surface area contributed by atoms with Gasteiger partial charge in [0.15, 0.2) is 5.65 Å². The lowest BCUT2D eigenvalue weighted by molar-refractivity contribution is 0.0948. The predicted molar refractivity (Wildman–Crippen MR) is 92.3 cm³/mol. The zero-order chi connectivity index (χ0) is 17.6. The van der Waals surface area contributed by atoms with Gasteiger partial charge in [-0.1, -0.05) is 30.3 Å². The van der Waals surface area contributed by atoms with E-state index in [1.807, 2.05) is 30.3 Å². The number of carbonyl (C=O) groups is 1. The van der Waals surface area contributed by atoms with E-state index in [4.69, 9.17) is 5.11 Å². The molecule has 0 spiro atoms.